The summed E-state index contributed by atoms with van der Waals surface area (Å²) in [6.07, 6.45) is -4.89. The van der Waals surface area contributed by atoms with Crippen molar-refractivity contribution in [2.75, 3.05) is 12.4 Å². The molecule has 3 aromatic rings. The lowest BCUT2D eigenvalue weighted by molar-refractivity contribution is -0.140. The topological polar surface area (TPSA) is 71.5 Å². The highest BCUT2D eigenvalue weighted by atomic mass is 32.1. The highest BCUT2D eigenvalue weighted by Crippen LogP contribution is 2.34. The third kappa shape index (κ3) is 3.98. The molecule has 3 rings (SSSR count). The van der Waals surface area contributed by atoms with Crippen molar-refractivity contribution in [1.82, 2.24) is 4.98 Å². The number of nitrogens with zero attached hydrogens (tertiary/aromatic N) is 1. The summed E-state index contributed by atoms with van der Waals surface area (Å²) in [4.78, 5) is 16.7. The van der Waals surface area contributed by atoms with E-state index in [0.29, 0.717) is 22.3 Å². The number of halogens is 4. The van der Waals surface area contributed by atoms with E-state index in [0.717, 1.165) is 10.8 Å². The number of anilines is 1. The number of nitrogens with one attached hydrogen (secondary N) is 1. The van der Waals surface area contributed by atoms with Gasteiger partial charge in [-0.2, -0.15) is 13.2 Å². The van der Waals surface area contributed by atoms with E-state index in [1.54, 1.807) is 18.2 Å². The number of thiazole rings is 1. The van der Waals surface area contributed by atoms with Gasteiger partial charge in [-0.3, -0.25) is 4.79 Å². The minimum absolute atomic E-state index is 0.216. The summed E-state index contributed by atoms with van der Waals surface area (Å²) in [5.74, 6) is -2.32. The van der Waals surface area contributed by atoms with Crippen molar-refractivity contribution in [1.29, 1.82) is 0 Å². The van der Waals surface area contributed by atoms with Crippen LogP contribution in [0.15, 0.2) is 30.3 Å². The smallest absolute Gasteiger partial charge is 0.389 e. The van der Waals surface area contributed by atoms with Gasteiger partial charge in [-0.25, -0.2) is 9.37 Å². The van der Waals surface area contributed by atoms with Gasteiger partial charge in [-0.1, -0.05) is 0 Å². The molecule has 0 spiro atoms. The number of aliphatic hydroxyl groups excluding tert-OH is 1. The van der Waals surface area contributed by atoms with Crippen LogP contribution >= 0.6 is 11.3 Å². The SMILES string of the molecule is COCc1c(C(=O)Nc2ccc3sc(CO)nc3c2)ccc(C(F)(F)F)c1F. The number of carbonyl (C=O) groups excluding carboxylic acids is 1. The molecule has 0 unspecified atom stereocenters. The minimum Gasteiger partial charge on any atom is -0.389 e. The van der Waals surface area contributed by atoms with Crippen molar-refractivity contribution in [2.45, 2.75) is 19.4 Å². The molecule has 1 amide bonds. The average Bonchev–Trinajstić information content (AvgIpc) is 3.04. The first-order valence-corrected chi connectivity index (χ1v) is 8.75. The van der Waals surface area contributed by atoms with E-state index >= 15 is 0 Å². The first-order valence-electron chi connectivity index (χ1n) is 7.93. The fourth-order valence-electron chi connectivity index (χ4n) is 2.66. The van der Waals surface area contributed by atoms with Gasteiger partial charge in [0.1, 0.15) is 10.8 Å². The maximum Gasteiger partial charge on any atom is 0.419 e. The van der Waals surface area contributed by atoms with Gasteiger partial charge in [0.25, 0.3) is 5.91 Å². The van der Waals surface area contributed by atoms with Crippen molar-refractivity contribution in [3.05, 3.63) is 57.8 Å². The third-order valence-corrected chi connectivity index (χ3v) is 4.93. The van der Waals surface area contributed by atoms with Crippen LogP contribution in [0.2, 0.25) is 0 Å². The summed E-state index contributed by atoms with van der Waals surface area (Å²) in [6, 6.07) is 6.27. The first kappa shape index (κ1) is 20.2. The van der Waals surface area contributed by atoms with Crippen LogP contribution in [0.3, 0.4) is 0 Å². The number of carbonyl (C=O) groups is 1. The molecular weight excluding hydrogens is 400 g/mol. The Morgan fingerprint density at radius 2 is 2.04 bits per heavy atom. The molecule has 0 atom stereocenters. The van der Waals surface area contributed by atoms with Crippen LogP contribution in [0.1, 0.15) is 26.5 Å². The number of aromatic nitrogens is 1. The van der Waals surface area contributed by atoms with Gasteiger partial charge in [0.05, 0.1) is 29.0 Å². The number of ether oxygens (including phenoxy) is 1. The zero-order valence-electron chi connectivity index (χ0n) is 14.4. The Kier molecular flexibility index (Phi) is 5.64. The zero-order chi connectivity index (χ0) is 20.5. The molecule has 0 saturated heterocycles. The summed E-state index contributed by atoms with van der Waals surface area (Å²) in [5, 5.41) is 12.2. The molecule has 0 bridgehead atoms. The maximum atomic E-state index is 14.4. The monoisotopic (exact) mass is 414 g/mol. The number of benzene rings is 2. The molecular formula is C18H14F4N2O3S. The highest BCUT2D eigenvalue weighted by molar-refractivity contribution is 7.18. The van der Waals surface area contributed by atoms with Crippen molar-refractivity contribution in [3.63, 3.8) is 0 Å². The molecule has 2 N–H and O–H groups in total. The standard InChI is InChI=1S/C18H14F4N2O3S/c1-27-8-11-10(3-4-12(16(11)19)18(20,21)22)17(26)23-9-2-5-14-13(6-9)24-15(7-25)28-14/h2-6,25H,7-8H2,1H3,(H,23,26). The van der Waals surface area contributed by atoms with E-state index < -0.39 is 35.6 Å². The number of aliphatic hydroxyl groups is 1. The Bertz CT molecular complexity index is 1030. The Morgan fingerprint density at radius 3 is 2.68 bits per heavy atom. The molecule has 148 valence electrons. The van der Waals surface area contributed by atoms with Crippen LogP contribution in [0, 0.1) is 5.82 Å². The largest absolute Gasteiger partial charge is 0.419 e. The second-order valence-electron chi connectivity index (χ2n) is 5.79. The van der Waals surface area contributed by atoms with Gasteiger partial charge < -0.3 is 15.2 Å². The quantitative estimate of drug-likeness (QED) is 0.609. The molecule has 28 heavy (non-hydrogen) atoms. The van der Waals surface area contributed by atoms with E-state index in [2.05, 4.69) is 10.3 Å². The predicted molar refractivity (Wildman–Crippen MR) is 95.6 cm³/mol. The van der Waals surface area contributed by atoms with Crippen LogP contribution in [0.4, 0.5) is 23.2 Å². The summed E-state index contributed by atoms with van der Waals surface area (Å²) in [7, 11) is 1.19. The zero-order valence-corrected chi connectivity index (χ0v) is 15.2. The normalized spacial score (nSPS) is 11.8. The van der Waals surface area contributed by atoms with Gasteiger partial charge in [-0.05, 0) is 30.3 Å². The lowest BCUT2D eigenvalue weighted by atomic mass is 10.0. The van der Waals surface area contributed by atoms with E-state index in [-0.39, 0.29) is 12.2 Å². The number of hydrogen-bond donors (Lipinski definition) is 2. The summed E-state index contributed by atoms with van der Waals surface area (Å²) < 4.78 is 58.7. The van der Waals surface area contributed by atoms with Crippen LogP contribution in [0.5, 0.6) is 0 Å². The van der Waals surface area contributed by atoms with Crippen LogP contribution in [0.25, 0.3) is 10.2 Å². The van der Waals surface area contributed by atoms with Crippen molar-refractivity contribution in [3.8, 4) is 0 Å². The minimum atomic E-state index is -4.89. The van der Waals surface area contributed by atoms with Gasteiger partial charge in [0.2, 0.25) is 0 Å². The fourth-order valence-corrected chi connectivity index (χ4v) is 3.46. The molecule has 0 aliphatic carbocycles. The molecule has 0 fully saturated rings. The number of hydrogen-bond acceptors (Lipinski definition) is 5. The predicted octanol–water partition coefficient (Wildman–Crippen LogP) is 4.35. The molecule has 2 aromatic carbocycles. The lowest BCUT2D eigenvalue weighted by Gasteiger charge is -2.15. The van der Waals surface area contributed by atoms with Crippen LogP contribution in [-0.4, -0.2) is 23.1 Å². The second kappa shape index (κ2) is 7.82. The van der Waals surface area contributed by atoms with E-state index in [1.807, 2.05) is 0 Å². The van der Waals surface area contributed by atoms with E-state index in [1.165, 1.54) is 18.4 Å². The number of amides is 1. The summed E-state index contributed by atoms with van der Waals surface area (Å²) >= 11 is 1.29. The average molecular weight is 414 g/mol. The third-order valence-electron chi connectivity index (χ3n) is 3.91. The fraction of sp³-hybridized carbons (Fsp3) is 0.222. The molecule has 5 nitrogen and oxygen atoms in total. The lowest BCUT2D eigenvalue weighted by Crippen LogP contribution is -2.18. The Balaban J connectivity index is 1.94. The number of fused-ring (bicyclic) bond motifs is 1. The molecule has 0 aliphatic rings. The van der Waals surface area contributed by atoms with Gasteiger partial charge >= 0.3 is 6.18 Å². The molecule has 0 aliphatic heterocycles. The maximum absolute atomic E-state index is 14.4. The molecule has 0 saturated carbocycles. The Labute approximate surface area is 160 Å². The molecule has 10 heteroatoms. The first-order chi connectivity index (χ1) is 13.2. The molecule has 1 heterocycles. The van der Waals surface area contributed by atoms with Gasteiger partial charge in [-0.15, -0.1) is 11.3 Å². The molecule has 0 radical (unpaired) electrons. The second-order valence-corrected chi connectivity index (χ2v) is 6.90. The van der Waals surface area contributed by atoms with Crippen molar-refractivity contribution < 1.29 is 32.2 Å². The number of alkyl halides is 3. The van der Waals surface area contributed by atoms with Crippen LogP contribution < -0.4 is 5.32 Å². The van der Waals surface area contributed by atoms with Crippen molar-refractivity contribution in [2.24, 2.45) is 0 Å². The highest BCUT2D eigenvalue weighted by Gasteiger charge is 2.36. The van der Waals surface area contributed by atoms with Gasteiger partial charge in [0.15, 0.2) is 0 Å². The van der Waals surface area contributed by atoms with E-state index in [4.69, 9.17) is 9.84 Å². The van der Waals surface area contributed by atoms with Crippen molar-refractivity contribution >= 4 is 33.1 Å². The Morgan fingerprint density at radius 1 is 1.29 bits per heavy atom. The van der Waals surface area contributed by atoms with Gasteiger partial charge in [0, 0.05) is 23.9 Å². The summed E-state index contributed by atoms with van der Waals surface area (Å²) in [5.41, 5.74) is -1.33. The summed E-state index contributed by atoms with van der Waals surface area (Å²) in [6.45, 7) is -0.713. The molecule has 1 aromatic heterocycles. The number of methoxy groups -OCH3 is 1. The Hall–Kier alpha value is -2.56. The van der Waals surface area contributed by atoms with Crippen LogP contribution in [-0.2, 0) is 24.1 Å². The van der Waals surface area contributed by atoms with E-state index in [9.17, 15) is 22.4 Å². The number of rotatable bonds is 5.